The van der Waals surface area contributed by atoms with E-state index in [0.29, 0.717) is 36.2 Å². The summed E-state index contributed by atoms with van der Waals surface area (Å²) in [6, 6.07) is 4.32. The number of rotatable bonds is 2. The monoisotopic (exact) mass is 358 g/mol. The third-order valence-corrected chi connectivity index (χ3v) is 5.79. The van der Waals surface area contributed by atoms with Crippen molar-refractivity contribution in [3.05, 3.63) is 28.8 Å². The number of hydrogen-bond acceptors (Lipinski definition) is 5. The molecule has 0 saturated carbocycles. The molecule has 0 unspecified atom stereocenters. The van der Waals surface area contributed by atoms with E-state index in [9.17, 15) is 18.0 Å². The van der Waals surface area contributed by atoms with Gasteiger partial charge in [-0.05, 0) is 18.2 Å². The smallest absolute Gasteiger partial charge is 0.254 e. The van der Waals surface area contributed by atoms with Crippen LogP contribution in [0.1, 0.15) is 16.8 Å². The topological polar surface area (TPSA) is 84.0 Å². The summed E-state index contributed by atoms with van der Waals surface area (Å²) in [5.41, 5.74) is 0.328. The van der Waals surface area contributed by atoms with E-state index in [0.717, 1.165) is 0 Å². The van der Waals surface area contributed by atoms with Crippen LogP contribution in [-0.4, -0.2) is 57.2 Å². The van der Waals surface area contributed by atoms with E-state index in [1.54, 1.807) is 4.90 Å². The number of sulfonamides is 1. The maximum atomic E-state index is 12.5. The second-order valence-electron chi connectivity index (χ2n) is 5.29. The van der Waals surface area contributed by atoms with Crippen LogP contribution in [0.3, 0.4) is 0 Å². The van der Waals surface area contributed by atoms with E-state index < -0.39 is 15.9 Å². The van der Waals surface area contributed by atoms with Gasteiger partial charge in [0.1, 0.15) is 0 Å². The van der Waals surface area contributed by atoms with Gasteiger partial charge in [-0.2, -0.15) is 0 Å². The maximum Gasteiger partial charge on any atom is 0.254 e. The lowest BCUT2D eigenvalue weighted by molar-refractivity contribution is -0.116. The number of benzene rings is 1. The van der Waals surface area contributed by atoms with Gasteiger partial charge < -0.3 is 9.64 Å². The van der Waals surface area contributed by atoms with Crippen LogP contribution < -0.4 is 4.31 Å². The molecule has 0 spiro atoms. The number of nitrogens with zero attached hydrogens (tertiary/aromatic N) is 2. The van der Waals surface area contributed by atoms with Crippen molar-refractivity contribution in [1.82, 2.24) is 4.90 Å². The summed E-state index contributed by atoms with van der Waals surface area (Å²) in [6.45, 7) is 1.87. The highest BCUT2D eigenvalue weighted by Crippen LogP contribution is 2.33. The van der Waals surface area contributed by atoms with Crippen molar-refractivity contribution in [1.29, 1.82) is 0 Å². The third-order valence-electron chi connectivity index (χ3n) is 3.79. The summed E-state index contributed by atoms with van der Waals surface area (Å²) in [5.74, 6) is -1.03. The van der Waals surface area contributed by atoms with Gasteiger partial charge in [-0.1, -0.05) is 11.6 Å². The van der Waals surface area contributed by atoms with Gasteiger partial charge in [-0.3, -0.25) is 9.59 Å². The van der Waals surface area contributed by atoms with Crippen molar-refractivity contribution in [2.45, 2.75) is 6.42 Å². The van der Waals surface area contributed by atoms with E-state index in [4.69, 9.17) is 16.3 Å². The normalized spacial score (nSPS) is 20.8. The molecule has 0 bridgehead atoms. The molecule has 23 heavy (non-hydrogen) atoms. The second-order valence-corrected chi connectivity index (χ2v) is 7.64. The lowest BCUT2D eigenvalue weighted by Gasteiger charge is -2.27. The van der Waals surface area contributed by atoms with Crippen molar-refractivity contribution in [3.63, 3.8) is 0 Å². The fourth-order valence-corrected chi connectivity index (χ4v) is 4.32. The highest BCUT2D eigenvalue weighted by molar-refractivity contribution is 7.94. The van der Waals surface area contributed by atoms with Gasteiger partial charge in [0.05, 0.1) is 29.7 Å². The quantitative estimate of drug-likeness (QED) is 0.783. The Hall–Kier alpha value is -1.64. The molecule has 2 aliphatic rings. The number of hydrogen-bond donors (Lipinski definition) is 0. The van der Waals surface area contributed by atoms with Crippen LogP contribution in [0, 0.1) is 0 Å². The van der Waals surface area contributed by atoms with Gasteiger partial charge in [-0.15, -0.1) is 0 Å². The number of halogens is 1. The minimum absolute atomic E-state index is 0.0354. The Morgan fingerprint density at radius 1 is 1.22 bits per heavy atom. The number of carbonyl (C=O) groups is 2. The van der Waals surface area contributed by atoms with Crippen LogP contribution >= 0.6 is 11.6 Å². The molecule has 1 aromatic carbocycles. The zero-order chi connectivity index (χ0) is 16.6. The highest BCUT2D eigenvalue weighted by Gasteiger charge is 2.37. The second kappa shape index (κ2) is 6.10. The molecule has 0 aliphatic carbocycles. The Kier molecular flexibility index (Phi) is 4.31. The summed E-state index contributed by atoms with van der Waals surface area (Å²) in [7, 11) is -3.72. The molecule has 0 atom stereocenters. The van der Waals surface area contributed by atoms with E-state index in [2.05, 4.69) is 0 Å². The largest absolute Gasteiger partial charge is 0.378 e. The first kappa shape index (κ1) is 16.2. The summed E-state index contributed by atoms with van der Waals surface area (Å²) in [5, 5.41) is 0.113. The van der Waals surface area contributed by atoms with Crippen molar-refractivity contribution < 1.29 is 22.7 Å². The van der Waals surface area contributed by atoms with Gasteiger partial charge in [-0.25, -0.2) is 12.7 Å². The number of carbonyl (C=O) groups excluding carboxylic acids is 2. The minimum Gasteiger partial charge on any atom is -0.378 e. The fraction of sp³-hybridized carbons (Fsp3) is 0.429. The number of morpholine rings is 1. The summed E-state index contributed by atoms with van der Waals surface area (Å²) in [6.07, 6.45) is -0.0830. The molecular formula is C14H15ClN2O5S. The molecule has 2 fully saturated rings. The molecule has 2 saturated heterocycles. The van der Waals surface area contributed by atoms with Crippen LogP contribution in [0.5, 0.6) is 0 Å². The van der Waals surface area contributed by atoms with Gasteiger partial charge in [0, 0.05) is 25.1 Å². The van der Waals surface area contributed by atoms with E-state index in [-0.39, 0.29) is 28.8 Å². The van der Waals surface area contributed by atoms with Crippen molar-refractivity contribution in [3.8, 4) is 0 Å². The number of ether oxygens (including phenoxy) is 1. The SMILES string of the molecule is O=C(c1ccc(Cl)c(N2C(=O)CCS2(=O)=O)c1)N1CCOCC1. The van der Waals surface area contributed by atoms with Crippen LogP contribution in [0.15, 0.2) is 18.2 Å². The van der Waals surface area contributed by atoms with E-state index >= 15 is 0 Å². The maximum absolute atomic E-state index is 12.5. The molecule has 2 aliphatic heterocycles. The molecule has 0 N–H and O–H groups in total. The van der Waals surface area contributed by atoms with Gasteiger partial charge in [0.15, 0.2) is 0 Å². The highest BCUT2D eigenvalue weighted by atomic mass is 35.5. The summed E-state index contributed by atoms with van der Waals surface area (Å²) < 4.78 is 30.0. The molecular weight excluding hydrogens is 344 g/mol. The van der Waals surface area contributed by atoms with Crippen LogP contribution in [0.2, 0.25) is 5.02 Å². The lowest BCUT2D eigenvalue weighted by Crippen LogP contribution is -2.40. The van der Waals surface area contributed by atoms with E-state index in [1.165, 1.54) is 18.2 Å². The van der Waals surface area contributed by atoms with Crippen molar-refractivity contribution >= 4 is 39.1 Å². The molecule has 124 valence electrons. The Bertz CT molecular complexity index is 758. The molecule has 3 rings (SSSR count). The minimum atomic E-state index is -3.72. The predicted octanol–water partition coefficient (Wildman–Crippen LogP) is 0.879. The standard InChI is InChI=1S/C14H15ClN2O5S/c15-11-2-1-10(14(19)16-4-6-22-7-5-16)9-12(11)17-13(18)3-8-23(17,20)21/h1-2,9H,3-8H2. The Balaban J connectivity index is 1.96. The zero-order valence-electron chi connectivity index (χ0n) is 12.2. The lowest BCUT2D eigenvalue weighted by atomic mass is 10.1. The number of amides is 2. The average Bonchev–Trinajstić information content (AvgIpc) is 2.81. The predicted molar refractivity (Wildman–Crippen MR) is 84.1 cm³/mol. The molecule has 0 aromatic heterocycles. The molecule has 9 heteroatoms. The molecule has 2 amide bonds. The van der Waals surface area contributed by atoms with Crippen LogP contribution in [0.4, 0.5) is 5.69 Å². The van der Waals surface area contributed by atoms with E-state index in [1.807, 2.05) is 0 Å². The summed E-state index contributed by atoms with van der Waals surface area (Å²) in [4.78, 5) is 26.0. The van der Waals surface area contributed by atoms with Crippen LogP contribution in [-0.2, 0) is 19.6 Å². The van der Waals surface area contributed by atoms with Gasteiger partial charge in [0.25, 0.3) is 5.91 Å². The Morgan fingerprint density at radius 3 is 2.52 bits per heavy atom. The number of anilines is 1. The van der Waals surface area contributed by atoms with Gasteiger partial charge >= 0.3 is 0 Å². The van der Waals surface area contributed by atoms with Gasteiger partial charge in [0.2, 0.25) is 15.9 Å². The Morgan fingerprint density at radius 2 is 1.91 bits per heavy atom. The third kappa shape index (κ3) is 3.06. The first-order valence-corrected chi connectivity index (χ1v) is 9.11. The molecule has 1 aromatic rings. The molecule has 0 radical (unpaired) electrons. The Labute approximate surface area is 138 Å². The summed E-state index contributed by atoms with van der Waals surface area (Å²) >= 11 is 6.06. The van der Waals surface area contributed by atoms with Crippen LogP contribution in [0.25, 0.3) is 0 Å². The van der Waals surface area contributed by atoms with Crippen molar-refractivity contribution in [2.24, 2.45) is 0 Å². The molecule has 2 heterocycles. The first-order chi connectivity index (χ1) is 10.9. The fourth-order valence-electron chi connectivity index (χ4n) is 2.60. The van der Waals surface area contributed by atoms with Crippen molar-refractivity contribution in [2.75, 3.05) is 36.4 Å². The first-order valence-electron chi connectivity index (χ1n) is 7.12. The average molecular weight is 359 g/mol. The molecule has 7 nitrogen and oxygen atoms in total. The zero-order valence-corrected chi connectivity index (χ0v) is 13.8.